The van der Waals surface area contributed by atoms with Crippen LogP contribution in [-0.2, 0) is 23.5 Å². The van der Waals surface area contributed by atoms with Crippen LogP contribution < -0.4 is 4.74 Å². The monoisotopic (exact) mass is 460 g/mol. The average molecular weight is 461 g/mol. The third-order valence-corrected chi connectivity index (χ3v) is 8.64. The van der Waals surface area contributed by atoms with Crippen molar-refractivity contribution in [1.29, 1.82) is 0 Å². The van der Waals surface area contributed by atoms with Crippen LogP contribution in [0.5, 0.6) is 5.75 Å². The van der Waals surface area contributed by atoms with Crippen LogP contribution in [0.2, 0.25) is 0 Å². The highest BCUT2D eigenvalue weighted by atomic mass is 32.2. The fourth-order valence-electron chi connectivity index (χ4n) is 4.99. The van der Waals surface area contributed by atoms with Crippen molar-refractivity contribution < 1.29 is 13.2 Å². The minimum Gasteiger partial charge on any atom is -0.492 e. The highest BCUT2D eigenvalue weighted by Gasteiger charge is 2.28. The first-order valence-electron chi connectivity index (χ1n) is 11.9. The molecular weight excluding hydrogens is 424 g/mol. The van der Waals surface area contributed by atoms with E-state index in [2.05, 4.69) is 22.1 Å². The standard InChI is InChI=1S/C24H36N4O3S/c1-20-18-24(26(2)25-20)32(29,30)28-15-6-5-14-27-13-4-3-9-22(27)12-11-21-8-7-10-23(19-21)31-17-16-28/h7-8,10,18-19,22H,3-6,9,11-17H2,1-2H3. The molecule has 0 spiro atoms. The topological polar surface area (TPSA) is 67.7 Å². The van der Waals surface area contributed by atoms with E-state index in [-0.39, 0.29) is 5.03 Å². The summed E-state index contributed by atoms with van der Waals surface area (Å²) >= 11 is 0. The van der Waals surface area contributed by atoms with Crippen molar-refractivity contribution in [3.63, 3.8) is 0 Å². The molecule has 8 heteroatoms. The molecule has 1 unspecified atom stereocenters. The fraction of sp³-hybridized carbons (Fsp3) is 0.625. The van der Waals surface area contributed by atoms with Crippen LogP contribution in [0.25, 0.3) is 0 Å². The van der Waals surface area contributed by atoms with Gasteiger partial charge in [-0.3, -0.25) is 4.68 Å². The van der Waals surface area contributed by atoms with Crippen LogP contribution in [0.3, 0.4) is 0 Å². The zero-order valence-electron chi connectivity index (χ0n) is 19.4. The van der Waals surface area contributed by atoms with Crippen molar-refractivity contribution in [1.82, 2.24) is 19.0 Å². The van der Waals surface area contributed by atoms with Crippen LogP contribution in [0.4, 0.5) is 0 Å². The summed E-state index contributed by atoms with van der Waals surface area (Å²) in [6.07, 6.45) is 7.90. The largest absolute Gasteiger partial charge is 0.492 e. The van der Waals surface area contributed by atoms with Gasteiger partial charge in [0, 0.05) is 26.2 Å². The van der Waals surface area contributed by atoms with Crippen LogP contribution in [0.15, 0.2) is 35.4 Å². The van der Waals surface area contributed by atoms with Gasteiger partial charge in [0.05, 0.1) is 5.69 Å². The van der Waals surface area contributed by atoms with E-state index in [0.717, 1.165) is 38.1 Å². The Hall–Kier alpha value is -1.90. The number of sulfonamides is 1. The molecule has 2 aliphatic rings. The van der Waals surface area contributed by atoms with E-state index < -0.39 is 10.0 Å². The van der Waals surface area contributed by atoms with Gasteiger partial charge in [-0.05, 0) is 82.3 Å². The minimum atomic E-state index is -3.64. The molecule has 2 aromatic rings. The number of aromatic nitrogens is 2. The summed E-state index contributed by atoms with van der Waals surface area (Å²) in [6, 6.07) is 10.5. The Balaban J connectivity index is 1.54. The lowest BCUT2D eigenvalue weighted by Crippen LogP contribution is -2.41. The maximum Gasteiger partial charge on any atom is 0.260 e. The van der Waals surface area contributed by atoms with Crippen LogP contribution in [0, 0.1) is 6.92 Å². The Kier molecular flexibility index (Phi) is 7.53. The lowest BCUT2D eigenvalue weighted by molar-refractivity contribution is 0.137. The summed E-state index contributed by atoms with van der Waals surface area (Å²) in [5.41, 5.74) is 1.99. The van der Waals surface area contributed by atoms with Crippen LogP contribution in [-0.4, -0.2) is 66.2 Å². The molecule has 0 aliphatic carbocycles. The van der Waals surface area contributed by atoms with E-state index in [1.54, 1.807) is 17.4 Å². The first-order chi connectivity index (χ1) is 15.4. The van der Waals surface area contributed by atoms with Gasteiger partial charge in [0.2, 0.25) is 0 Å². The molecule has 1 saturated heterocycles. The quantitative estimate of drug-likeness (QED) is 0.687. The second kappa shape index (κ2) is 10.4. The van der Waals surface area contributed by atoms with Gasteiger partial charge in [-0.2, -0.15) is 9.40 Å². The number of nitrogens with zero attached hydrogens (tertiary/aromatic N) is 4. The Bertz CT molecular complexity index is 1000. The summed E-state index contributed by atoms with van der Waals surface area (Å²) in [7, 11) is -1.95. The zero-order valence-corrected chi connectivity index (χ0v) is 20.2. The first kappa shape index (κ1) is 23.3. The Labute approximate surface area is 192 Å². The van der Waals surface area contributed by atoms with Gasteiger partial charge in [-0.1, -0.05) is 18.6 Å². The number of benzene rings is 1. The van der Waals surface area contributed by atoms with Crippen molar-refractivity contribution in [2.24, 2.45) is 7.05 Å². The highest BCUT2D eigenvalue weighted by Crippen LogP contribution is 2.24. The molecular formula is C24H36N4O3S. The number of piperidine rings is 1. The first-order valence-corrected chi connectivity index (χ1v) is 13.3. The van der Waals surface area contributed by atoms with Gasteiger partial charge < -0.3 is 9.64 Å². The van der Waals surface area contributed by atoms with Gasteiger partial charge in [-0.15, -0.1) is 0 Å². The average Bonchev–Trinajstić information content (AvgIpc) is 3.13. The smallest absolute Gasteiger partial charge is 0.260 e. The van der Waals surface area contributed by atoms with Gasteiger partial charge >= 0.3 is 0 Å². The molecule has 2 bridgehead atoms. The van der Waals surface area contributed by atoms with Crippen molar-refractivity contribution in [2.45, 2.75) is 62.9 Å². The summed E-state index contributed by atoms with van der Waals surface area (Å²) in [5.74, 6) is 0.812. The molecule has 0 amide bonds. The van der Waals surface area contributed by atoms with E-state index in [1.165, 1.54) is 35.9 Å². The molecule has 3 heterocycles. The van der Waals surface area contributed by atoms with Crippen molar-refractivity contribution in [3.05, 3.63) is 41.6 Å². The molecule has 0 N–H and O–H groups in total. The van der Waals surface area contributed by atoms with Crippen molar-refractivity contribution in [2.75, 3.05) is 32.8 Å². The Morgan fingerprint density at radius 1 is 1.00 bits per heavy atom. The number of aryl methyl sites for hydroxylation is 3. The minimum absolute atomic E-state index is 0.242. The number of hydrogen-bond donors (Lipinski definition) is 0. The van der Waals surface area contributed by atoms with E-state index in [9.17, 15) is 8.42 Å². The maximum atomic E-state index is 13.4. The molecule has 1 fully saturated rings. The molecule has 0 radical (unpaired) electrons. The molecule has 1 aromatic heterocycles. The molecule has 1 aromatic carbocycles. The summed E-state index contributed by atoms with van der Waals surface area (Å²) in [4.78, 5) is 2.63. The summed E-state index contributed by atoms with van der Waals surface area (Å²) < 4.78 is 35.9. The number of ether oxygens (including phenoxy) is 1. The zero-order chi connectivity index (χ0) is 22.6. The van der Waals surface area contributed by atoms with Crippen LogP contribution in [0.1, 0.15) is 49.8 Å². The van der Waals surface area contributed by atoms with Gasteiger partial charge in [0.1, 0.15) is 12.4 Å². The number of rotatable bonds is 2. The SMILES string of the molecule is Cc1cc(S(=O)(=O)N2CCCCN3CCCCC3CCc3cccc(c3)OCC2)n(C)n1. The second-order valence-electron chi connectivity index (χ2n) is 9.08. The van der Waals surface area contributed by atoms with Crippen molar-refractivity contribution >= 4 is 10.0 Å². The van der Waals surface area contributed by atoms with E-state index in [0.29, 0.717) is 31.4 Å². The molecule has 0 saturated carbocycles. The third-order valence-electron chi connectivity index (χ3n) is 6.69. The molecule has 2 aliphatic heterocycles. The Morgan fingerprint density at radius 2 is 1.78 bits per heavy atom. The van der Waals surface area contributed by atoms with E-state index >= 15 is 0 Å². The molecule has 176 valence electrons. The van der Waals surface area contributed by atoms with Crippen molar-refractivity contribution in [3.8, 4) is 5.75 Å². The maximum absolute atomic E-state index is 13.4. The van der Waals surface area contributed by atoms with Gasteiger partial charge in [-0.25, -0.2) is 8.42 Å². The molecule has 1 atom stereocenters. The summed E-state index contributed by atoms with van der Waals surface area (Å²) in [6.45, 7) is 5.16. The summed E-state index contributed by atoms with van der Waals surface area (Å²) in [5, 5.41) is 4.48. The van der Waals surface area contributed by atoms with E-state index in [1.807, 2.05) is 19.1 Å². The molecule has 7 nitrogen and oxygen atoms in total. The number of hydrogen-bond acceptors (Lipinski definition) is 5. The Morgan fingerprint density at radius 3 is 2.56 bits per heavy atom. The lowest BCUT2D eigenvalue weighted by Gasteiger charge is -2.36. The van der Waals surface area contributed by atoms with Gasteiger partial charge in [0.25, 0.3) is 10.0 Å². The predicted molar refractivity (Wildman–Crippen MR) is 125 cm³/mol. The van der Waals surface area contributed by atoms with Crippen LogP contribution >= 0.6 is 0 Å². The lowest BCUT2D eigenvalue weighted by atomic mass is 9.95. The normalized spacial score (nSPS) is 22.4. The molecule has 4 rings (SSSR count). The fourth-order valence-corrected chi connectivity index (χ4v) is 6.63. The second-order valence-corrected chi connectivity index (χ2v) is 11.0. The number of fused-ring (bicyclic) bond motifs is 3. The van der Waals surface area contributed by atoms with Gasteiger partial charge in [0.15, 0.2) is 5.03 Å². The highest BCUT2D eigenvalue weighted by molar-refractivity contribution is 7.89. The third kappa shape index (κ3) is 5.53. The predicted octanol–water partition coefficient (Wildman–Crippen LogP) is 3.38. The molecule has 32 heavy (non-hydrogen) atoms. The van der Waals surface area contributed by atoms with E-state index in [4.69, 9.17) is 4.74 Å².